The number of allylic oxidation sites excluding steroid dienone is 1. The van der Waals surface area contributed by atoms with Crippen molar-refractivity contribution >= 4 is 34.5 Å². The van der Waals surface area contributed by atoms with Crippen molar-refractivity contribution in [3.63, 3.8) is 0 Å². The van der Waals surface area contributed by atoms with Crippen LogP contribution < -0.4 is 10.6 Å². The van der Waals surface area contributed by atoms with Gasteiger partial charge in [-0.05, 0) is 30.2 Å². The molecule has 0 saturated heterocycles. The lowest BCUT2D eigenvalue weighted by molar-refractivity contribution is -0.118. The number of benzene rings is 3. The molecule has 0 saturated carbocycles. The van der Waals surface area contributed by atoms with Crippen molar-refractivity contribution in [1.29, 1.82) is 0 Å². The normalized spacial score (nSPS) is 18.5. The van der Waals surface area contributed by atoms with E-state index in [0.29, 0.717) is 4.99 Å². The quantitative estimate of drug-likeness (QED) is 0.586. The summed E-state index contributed by atoms with van der Waals surface area (Å²) in [5, 5.41) is 6.30. The van der Waals surface area contributed by atoms with Crippen molar-refractivity contribution in [3.8, 4) is 0 Å². The van der Waals surface area contributed by atoms with Crippen molar-refractivity contribution in [2.75, 3.05) is 5.32 Å². The number of nitrogens with one attached hydrogen (secondary N) is 2. The van der Waals surface area contributed by atoms with Gasteiger partial charge in [0.05, 0.1) is 10.9 Å². The Kier molecular flexibility index (Phi) is 5.54. The van der Waals surface area contributed by atoms with Gasteiger partial charge in [-0.3, -0.25) is 4.79 Å². The smallest absolute Gasteiger partial charge is 0.235 e. The first-order valence-electron chi connectivity index (χ1n) is 9.62. The summed E-state index contributed by atoms with van der Waals surface area (Å²) in [5.74, 6) is -0.744. The van der Waals surface area contributed by atoms with Crippen molar-refractivity contribution in [2.45, 2.75) is 12.8 Å². The summed E-state index contributed by atoms with van der Waals surface area (Å²) in [7, 11) is 0. The Balaban J connectivity index is 1.72. The molecule has 2 unspecified atom stereocenters. The van der Waals surface area contributed by atoms with Crippen LogP contribution in [-0.2, 0) is 4.79 Å². The van der Waals surface area contributed by atoms with Crippen LogP contribution in [0.3, 0.4) is 0 Å². The van der Waals surface area contributed by atoms with E-state index < -0.39 is 5.92 Å². The van der Waals surface area contributed by atoms with E-state index in [0.717, 1.165) is 22.5 Å². The zero-order chi connectivity index (χ0) is 20.2. The van der Waals surface area contributed by atoms with E-state index in [2.05, 4.69) is 47.9 Å². The molecule has 4 rings (SSSR count). The number of rotatable bonds is 4. The third kappa shape index (κ3) is 4.28. The summed E-state index contributed by atoms with van der Waals surface area (Å²) < 4.78 is 0. The van der Waals surface area contributed by atoms with Crippen molar-refractivity contribution in [3.05, 3.63) is 108 Å². The third-order valence-electron chi connectivity index (χ3n) is 5.12. The highest BCUT2D eigenvalue weighted by molar-refractivity contribution is 7.80. The van der Waals surface area contributed by atoms with Gasteiger partial charge in [0, 0.05) is 17.3 Å². The maximum atomic E-state index is 13.2. The molecule has 1 aliphatic heterocycles. The first-order chi connectivity index (χ1) is 14.1. The first kappa shape index (κ1) is 19.1. The van der Waals surface area contributed by atoms with Gasteiger partial charge in [-0.25, -0.2) is 0 Å². The van der Waals surface area contributed by atoms with Gasteiger partial charge in [0.1, 0.15) is 0 Å². The average Bonchev–Trinajstić information content (AvgIpc) is 2.75. The predicted octanol–water partition coefficient (Wildman–Crippen LogP) is 5.31. The standard InChI is InChI=1S/C25H22N2OS/c1-17-12-14-18(15-13-17)21-16-22(19-8-4-2-5-9-19)27-25(29)23(21)24(28)26-20-10-6-3-7-11-20/h2-16,21,23H,1H3,(H,26,28)(H,27,29). The summed E-state index contributed by atoms with van der Waals surface area (Å²) in [6, 6.07) is 27.8. The molecular formula is C25H22N2OS. The maximum absolute atomic E-state index is 13.2. The number of aryl methyl sites for hydroxylation is 1. The molecule has 3 nitrogen and oxygen atoms in total. The molecule has 0 fully saturated rings. The molecule has 2 N–H and O–H groups in total. The minimum atomic E-state index is -0.486. The van der Waals surface area contributed by atoms with E-state index in [4.69, 9.17) is 12.2 Å². The largest absolute Gasteiger partial charge is 0.349 e. The highest BCUT2D eigenvalue weighted by Gasteiger charge is 2.36. The minimum Gasteiger partial charge on any atom is -0.349 e. The van der Waals surface area contributed by atoms with Crippen LogP contribution in [0.4, 0.5) is 5.69 Å². The number of amides is 1. The zero-order valence-corrected chi connectivity index (χ0v) is 16.9. The number of thiocarbonyl (C=S) groups is 1. The molecule has 144 valence electrons. The second-order valence-electron chi connectivity index (χ2n) is 7.21. The maximum Gasteiger partial charge on any atom is 0.235 e. The lowest BCUT2D eigenvalue weighted by Crippen LogP contribution is -2.42. The van der Waals surface area contributed by atoms with Crippen LogP contribution in [0.5, 0.6) is 0 Å². The number of anilines is 1. The Bertz CT molecular complexity index is 1040. The highest BCUT2D eigenvalue weighted by Crippen LogP contribution is 2.35. The molecule has 4 heteroatoms. The van der Waals surface area contributed by atoms with E-state index in [-0.39, 0.29) is 11.8 Å². The Hall–Kier alpha value is -3.24. The summed E-state index contributed by atoms with van der Waals surface area (Å²) in [4.78, 5) is 13.7. The summed E-state index contributed by atoms with van der Waals surface area (Å²) >= 11 is 5.69. The highest BCUT2D eigenvalue weighted by atomic mass is 32.1. The fraction of sp³-hybridized carbons (Fsp3) is 0.120. The van der Waals surface area contributed by atoms with Crippen molar-refractivity contribution in [1.82, 2.24) is 5.32 Å². The number of carbonyl (C=O) groups excluding carboxylic acids is 1. The number of carbonyl (C=O) groups is 1. The number of hydrogen-bond acceptors (Lipinski definition) is 2. The summed E-state index contributed by atoms with van der Waals surface area (Å²) in [6.07, 6.45) is 2.12. The van der Waals surface area contributed by atoms with Crippen molar-refractivity contribution in [2.24, 2.45) is 5.92 Å². The molecule has 0 radical (unpaired) electrons. The Morgan fingerprint density at radius 2 is 1.52 bits per heavy atom. The zero-order valence-electron chi connectivity index (χ0n) is 16.1. The Labute approximate surface area is 176 Å². The van der Waals surface area contributed by atoms with Crippen LogP contribution in [-0.4, -0.2) is 10.9 Å². The SMILES string of the molecule is Cc1ccc(C2C=C(c3ccccc3)NC(=S)C2C(=O)Nc2ccccc2)cc1. The molecule has 1 heterocycles. The number of para-hydroxylation sites is 1. The number of hydrogen-bond donors (Lipinski definition) is 2. The molecule has 3 aromatic carbocycles. The minimum absolute atomic E-state index is 0.109. The van der Waals surface area contributed by atoms with Gasteiger partial charge in [0.2, 0.25) is 5.91 Å². The van der Waals surface area contributed by atoms with Gasteiger partial charge < -0.3 is 10.6 Å². The second-order valence-corrected chi connectivity index (χ2v) is 7.64. The van der Waals surface area contributed by atoms with Crippen LogP contribution in [0.25, 0.3) is 5.70 Å². The fourth-order valence-electron chi connectivity index (χ4n) is 3.58. The van der Waals surface area contributed by atoms with Gasteiger partial charge >= 0.3 is 0 Å². The molecule has 3 aromatic rings. The summed E-state index contributed by atoms with van der Waals surface area (Å²) in [6.45, 7) is 2.06. The Morgan fingerprint density at radius 1 is 0.897 bits per heavy atom. The third-order valence-corrected chi connectivity index (χ3v) is 5.47. The summed E-state index contributed by atoms with van der Waals surface area (Å²) in [5.41, 5.74) is 5.00. The molecule has 1 aliphatic rings. The molecule has 0 aliphatic carbocycles. The molecule has 0 aromatic heterocycles. The molecule has 1 amide bonds. The fourth-order valence-corrected chi connectivity index (χ4v) is 3.94. The second kappa shape index (κ2) is 8.41. The molecule has 2 atom stereocenters. The van der Waals surface area contributed by atoms with Crippen LogP contribution >= 0.6 is 12.2 Å². The molecule has 0 spiro atoms. The monoisotopic (exact) mass is 398 g/mol. The van der Waals surface area contributed by atoms with E-state index in [1.54, 1.807) is 0 Å². The van der Waals surface area contributed by atoms with Gasteiger partial charge in [0.15, 0.2) is 0 Å². The van der Waals surface area contributed by atoms with E-state index in [9.17, 15) is 4.79 Å². The first-order valence-corrected chi connectivity index (χ1v) is 10.0. The molecular weight excluding hydrogens is 376 g/mol. The van der Waals surface area contributed by atoms with E-state index in [1.807, 2.05) is 60.7 Å². The lowest BCUT2D eigenvalue weighted by atomic mass is 9.81. The van der Waals surface area contributed by atoms with Gasteiger partial charge in [-0.2, -0.15) is 0 Å². The van der Waals surface area contributed by atoms with Crippen LogP contribution in [0.15, 0.2) is 91.0 Å². The van der Waals surface area contributed by atoms with Gasteiger partial charge in [0.25, 0.3) is 0 Å². The van der Waals surface area contributed by atoms with E-state index in [1.165, 1.54) is 5.56 Å². The van der Waals surface area contributed by atoms with Crippen molar-refractivity contribution < 1.29 is 4.79 Å². The topological polar surface area (TPSA) is 41.1 Å². The van der Waals surface area contributed by atoms with Gasteiger partial charge in [-0.1, -0.05) is 96.7 Å². The van der Waals surface area contributed by atoms with Crippen LogP contribution in [0, 0.1) is 12.8 Å². The van der Waals surface area contributed by atoms with E-state index >= 15 is 0 Å². The van der Waals surface area contributed by atoms with Crippen LogP contribution in [0.2, 0.25) is 0 Å². The molecule has 0 bridgehead atoms. The lowest BCUT2D eigenvalue weighted by Gasteiger charge is -2.32. The van der Waals surface area contributed by atoms with Gasteiger partial charge in [-0.15, -0.1) is 0 Å². The van der Waals surface area contributed by atoms with Crippen LogP contribution in [0.1, 0.15) is 22.6 Å². The predicted molar refractivity (Wildman–Crippen MR) is 123 cm³/mol. The molecule has 29 heavy (non-hydrogen) atoms. The average molecular weight is 399 g/mol. The Morgan fingerprint density at radius 3 is 2.17 bits per heavy atom.